The minimum Gasteiger partial charge on any atom is -0.362 e. The molecule has 4 rings (SSSR count). The highest BCUT2D eigenvalue weighted by Gasteiger charge is 2.32. The minimum atomic E-state index is -0.437. The van der Waals surface area contributed by atoms with Crippen molar-refractivity contribution in [1.29, 1.82) is 0 Å². The van der Waals surface area contributed by atoms with Gasteiger partial charge in [-0.05, 0) is 53.6 Å². The van der Waals surface area contributed by atoms with Crippen molar-refractivity contribution in [2.75, 3.05) is 4.90 Å². The summed E-state index contributed by atoms with van der Waals surface area (Å²) < 4.78 is 0. The highest BCUT2D eigenvalue weighted by atomic mass is 16.6. The van der Waals surface area contributed by atoms with Gasteiger partial charge < -0.3 is 4.98 Å². The van der Waals surface area contributed by atoms with Gasteiger partial charge in [0.1, 0.15) is 0 Å². The molecule has 6 nitrogen and oxygen atoms in total. The average Bonchev–Trinajstić information content (AvgIpc) is 3.28. The van der Waals surface area contributed by atoms with E-state index in [0.717, 1.165) is 22.4 Å². The highest BCUT2D eigenvalue weighted by molar-refractivity contribution is 6.37. The molecule has 1 aliphatic rings. The van der Waals surface area contributed by atoms with Crippen LogP contribution in [0.4, 0.5) is 11.4 Å². The van der Waals surface area contributed by atoms with Crippen molar-refractivity contribution in [3.8, 4) is 23.6 Å². The normalized spacial score (nSPS) is 14.3. The van der Waals surface area contributed by atoms with Crippen LogP contribution >= 0.6 is 0 Å². The van der Waals surface area contributed by atoms with Gasteiger partial charge >= 0.3 is 0 Å². The lowest BCUT2D eigenvalue weighted by Gasteiger charge is -2.08. The molecule has 1 aromatic heterocycles. The Balaban J connectivity index is 1.82. The molecule has 1 aliphatic heterocycles. The second kappa shape index (κ2) is 6.32. The van der Waals surface area contributed by atoms with Crippen LogP contribution < -0.4 is 4.90 Å². The zero-order chi connectivity index (χ0) is 19.0. The van der Waals surface area contributed by atoms with E-state index in [0.29, 0.717) is 11.3 Å². The molecule has 0 bridgehead atoms. The summed E-state index contributed by atoms with van der Waals surface area (Å²) in [5, 5.41) is 10.8. The molecule has 0 radical (unpaired) electrons. The number of anilines is 1. The van der Waals surface area contributed by atoms with E-state index >= 15 is 0 Å². The Morgan fingerprint density at radius 2 is 1.85 bits per heavy atom. The van der Waals surface area contributed by atoms with Crippen molar-refractivity contribution in [3.05, 3.63) is 82.2 Å². The molecule has 130 valence electrons. The van der Waals surface area contributed by atoms with Gasteiger partial charge in [0, 0.05) is 35.6 Å². The number of aromatic nitrogens is 1. The lowest BCUT2D eigenvalue weighted by Crippen LogP contribution is -2.19. The summed E-state index contributed by atoms with van der Waals surface area (Å²) in [5.41, 5.74) is 4.34. The van der Waals surface area contributed by atoms with Crippen LogP contribution in [0.2, 0.25) is 0 Å². The number of benzene rings is 2. The largest absolute Gasteiger partial charge is 0.362 e. The summed E-state index contributed by atoms with van der Waals surface area (Å²) >= 11 is 0. The molecule has 0 atom stereocenters. The monoisotopic (exact) mass is 355 g/mol. The summed E-state index contributed by atoms with van der Waals surface area (Å²) in [6.45, 7) is 0. The number of hydrogen-bond acceptors (Lipinski definition) is 3. The summed E-state index contributed by atoms with van der Waals surface area (Å²) in [4.78, 5) is 27.4. The van der Waals surface area contributed by atoms with Gasteiger partial charge in [-0.3, -0.25) is 14.9 Å². The third-order valence-electron chi connectivity index (χ3n) is 4.42. The van der Waals surface area contributed by atoms with E-state index in [-0.39, 0.29) is 11.6 Å². The number of aromatic amines is 1. The number of nitrogens with one attached hydrogen (secondary N) is 1. The molecular weight excluding hydrogens is 342 g/mol. The molecule has 1 N–H and O–H groups in total. The van der Waals surface area contributed by atoms with E-state index in [9.17, 15) is 14.9 Å². The van der Waals surface area contributed by atoms with Crippen molar-refractivity contribution in [3.63, 3.8) is 0 Å². The van der Waals surface area contributed by atoms with Gasteiger partial charge in [-0.25, -0.2) is 4.90 Å². The molecule has 2 heterocycles. The molecule has 3 aromatic rings. The fourth-order valence-electron chi connectivity index (χ4n) is 3.10. The standard InChI is InChI=1S/C21H13N3O3/c1-2-23-20-10-7-15(14-5-8-17(9-6-14)24(26)27)12-18(20)19(21(23)25)13-16-4-3-11-22-16/h1,3-13,22H/b19-13-. The smallest absolute Gasteiger partial charge is 0.270 e. The Morgan fingerprint density at radius 3 is 2.48 bits per heavy atom. The number of non-ortho nitro benzene ring substituents is 1. The van der Waals surface area contributed by atoms with E-state index < -0.39 is 4.92 Å². The predicted octanol–water partition coefficient (Wildman–Crippen LogP) is 4.07. The van der Waals surface area contributed by atoms with Crippen LogP contribution in [0.3, 0.4) is 0 Å². The van der Waals surface area contributed by atoms with E-state index in [1.807, 2.05) is 24.3 Å². The number of H-pyrrole nitrogens is 1. The quantitative estimate of drug-likeness (QED) is 0.333. The zero-order valence-corrected chi connectivity index (χ0v) is 14.0. The summed E-state index contributed by atoms with van der Waals surface area (Å²) in [6, 6.07) is 17.9. The van der Waals surface area contributed by atoms with Gasteiger partial charge in [0.05, 0.1) is 16.2 Å². The van der Waals surface area contributed by atoms with E-state index in [2.05, 4.69) is 11.0 Å². The molecular formula is C21H13N3O3. The first-order chi connectivity index (χ1) is 13.1. The average molecular weight is 355 g/mol. The van der Waals surface area contributed by atoms with Gasteiger partial charge in [0.2, 0.25) is 0 Å². The highest BCUT2D eigenvalue weighted by Crippen LogP contribution is 2.39. The Kier molecular flexibility index (Phi) is 3.83. The fourth-order valence-corrected chi connectivity index (χ4v) is 3.10. The molecule has 0 saturated heterocycles. The number of rotatable bonds is 3. The number of carbonyl (C=O) groups excluding carboxylic acids is 1. The van der Waals surface area contributed by atoms with Gasteiger partial charge in [0.15, 0.2) is 0 Å². The molecule has 2 aromatic carbocycles. The van der Waals surface area contributed by atoms with Crippen LogP contribution in [0.1, 0.15) is 11.3 Å². The molecule has 0 fully saturated rings. The van der Waals surface area contributed by atoms with Crippen molar-refractivity contribution in [2.45, 2.75) is 0 Å². The zero-order valence-electron chi connectivity index (χ0n) is 14.0. The number of amides is 1. The number of nitrogens with zero attached hydrogens (tertiary/aromatic N) is 2. The Hall–Kier alpha value is -4.11. The molecule has 0 aliphatic carbocycles. The van der Waals surface area contributed by atoms with Crippen molar-refractivity contribution in [1.82, 2.24) is 4.98 Å². The second-order valence-corrected chi connectivity index (χ2v) is 5.99. The van der Waals surface area contributed by atoms with Crippen LogP contribution in [0.5, 0.6) is 0 Å². The molecule has 0 spiro atoms. The maximum absolute atomic E-state index is 12.7. The van der Waals surface area contributed by atoms with Crippen LogP contribution in [-0.2, 0) is 4.79 Å². The second-order valence-electron chi connectivity index (χ2n) is 5.99. The first-order valence-corrected chi connectivity index (χ1v) is 8.13. The number of hydrogen-bond donors (Lipinski definition) is 1. The third kappa shape index (κ3) is 2.77. The van der Waals surface area contributed by atoms with Gasteiger partial charge in [-0.15, -0.1) is 0 Å². The van der Waals surface area contributed by atoms with E-state index in [1.165, 1.54) is 17.0 Å². The number of fused-ring (bicyclic) bond motifs is 1. The van der Waals surface area contributed by atoms with Crippen LogP contribution in [0, 0.1) is 22.6 Å². The van der Waals surface area contributed by atoms with Gasteiger partial charge in [0.25, 0.3) is 11.6 Å². The summed E-state index contributed by atoms with van der Waals surface area (Å²) in [5.74, 6) is -0.261. The summed E-state index contributed by atoms with van der Waals surface area (Å²) in [6.07, 6.45) is 9.06. The number of carbonyl (C=O) groups is 1. The fraction of sp³-hybridized carbons (Fsp3) is 0. The Labute approximate surface area is 154 Å². The van der Waals surface area contributed by atoms with Crippen molar-refractivity contribution >= 4 is 28.9 Å². The molecule has 0 unspecified atom stereocenters. The van der Waals surface area contributed by atoms with Crippen molar-refractivity contribution in [2.24, 2.45) is 0 Å². The number of nitro benzene ring substituents is 1. The molecule has 1 amide bonds. The number of terminal acetylenes is 1. The van der Waals surface area contributed by atoms with Crippen LogP contribution in [0.15, 0.2) is 60.8 Å². The topological polar surface area (TPSA) is 79.2 Å². The van der Waals surface area contributed by atoms with Crippen LogP contribution in [-0.4, -0.2) is 15.8 Å². The Bertz CT molecular complexity index is 1120. The van der Waals surface area contributed by atoms with Gasteiger partial charge in [-0.1, -0.05) is 12.5 Å². The van der Waals surface area contributed by atoms with Crippen molar-refractivity contribution < 1.29 is 9.72 Å². The third-order valence-corrected chi connectivity index (χ3v) is 4.42. The number of nitro groups is 1. The maximum Gasteiger partial charge on any atom is 0.270 e. The molecule has 0 saturated carbocycles. The maximum atomic E-state index is 12.7. The minimum absolute atomic E-state index is 0.0286. The van der Waals surface area contributed by atoms with E-state index in [4.69, 9.17) is 6.42 Å². The Morgan fingerprint density at radius 1 is 1.11 bits per heavy atom. The lowest BCUT2D eigenvalue weighted by molar-refractivity contribution is -0.384. The van der Waals surface area contributed by atoms with Crippen LogP contribution in [0.25, 0.3) is 22.8 Å². The first kappa shape index (κ1) is 16.4. The predicted molar refractivity (Wildman–Crippen MR) is 104 cm³/mol. The van der Waals surface area contributed by atoms with E-state index in [1.54, 1.807) is 30.5 Å². The lowest BCUT2D eigenvalue weighted by atomic mass is 9.99. The molecule has 27 heavy (non-hydrogen) atoms. The summed E-state index contributed by atoms with van der Waals surface area (Å²) in [7, 11) is 0. The first-order valence-electron chi connectivity index (χ1n) is 8.13. The SMILES string of the molecule is C#CN1C(=O)/C(=C\c2ccc[nH]2)c2cc(-c3ccc([N+](=O)[O-])cc3)ccc21. The molecule has 6 heteroatoms. The van der Waals surface area contributed by atoms with Gasteiger partial charge in [-0.2, -0.15) is 0 Å².